The lowest BCUT2D eigenvalue weighted by Crippen LogP contribution is -2.46. The summed E-state index contributed by atoms with van der Waals surface area (Å²) in [7, 11) is -3.10. The SMILES string of the molecule is O=C(NNC(=S)Nc1ccc(F)cc1)[C@@H]1CCS(=O)(=O)C1. The molecule has 3 N–H and O–H groups in total. The first-order valence-corrected chi connectivity index (χ1v) is 8.41. The minimum atomic E-state index is -3.10. The van der Waals surface area contributed by atoms with Crippen molar-refractivity contribution in [3.05, 3.63) is 30.1 Å². The van der Waals surface area contributed by atoms with Gasteiger partial charge in [0.25, 0.3) is 0 Å². The second-order valence-electron chi connectivity index (χ2n) is 4.68. The van der Waals surface area contributed by atoms with Gasteiger partial charge in [0.2, 0.25) is 5.91 Å². The minimum absolute atomic E-state index is 0.0311. The molecule has 0 saturated carbocycles. The van der Waals surface area contributed by atoms with E-state index in [1.807, 2.05) is 0 Å². The Bertz CT molecular complexity index is 646. The van der Waals surface area contributed by atoms with Crippen LogP contribution >= 0.6 is 12.2 Å². The summed E-state index contributed by atoms with van der Waals surface area (Å²) in [5.41, 5.74) is 5.41. The Labute approximate surface area is 127 Å². The summed E-state index contributed by atoms with van der Waals surface area (Å²) in [5, 5.41) is 2.87. The molecule has 1 heterocycles. The molecule has 9 heteroatoms. The Morgan fingerprint density at radius 2 is 1.90 bits per heavy atom. The van der Waals surface area contributed by atoms with E-state index in [9.17, 15) is 17.6 Å². The van der Waals surface area contributed by atoms with Gasteiger partial charge in [-0.25, -0.2) is 12.8 Å². The number of nitrogens with one attached hydrogen (secondary N) is 3. The predicted molar refractivity (Wildman–Crippen MR) is 80.7 cm³/mol. The molecular formula is C12H14FN3O3S2. The standard InChI is InChI=1S/C12H14FN3O3S2/c13-9-1-3-10(4-2-9)14-12(20)16-15-11(17)8-5-6-21(18,19)7-8/h1-4,8H,5-7H2,(H,15,17)(H2,14,16,20)/t8-/m1/s1. The van der Waals surface area contributed by atoms with Crippen LogP contribution in [0.3, 0.4) is 0 Å². The van der Waals surface area contributed by atoms with Crippen molar-refractivity contribution in [2.75, 3.05) is 16.8 Å². The first-order valence-electron chi connectivity index (χ1n) is 6.18. The molecule has 1 saturated heterocycles. The number of carbonyl (C=O) groups is 1. The van der Waals surface area contributed by atoms with Gasteiger partial charge in [-0.1, -0.05) is 0 Å². The smallest absolute Gasteiger partial charge is 0.242 e. The van der Waals surface area contributed by atoms with E-state index in [1.54, 1.807) is 0 Å². The number of benzene rings is 1. The first-order chi connectivity index (χ1) is 9.85. The highest BCUT2D eigenvalue weighted by Crippen LogP contribution is 2.18. The quantitative estimate of drug-likeness (QED) is 0.543. The Kier molecular flexibility index (Phi) is 4.73. The van der Waals surface area contributed by atoms with Crippen LogP contribution in [0.1, 0.15) is 6.42 Å². The van der Waals surface area contributed by atoms with Gasteiger partial charge >= 0.3 is 0 Å². The van der Waals surface area contributed by atoms with Gasteiger partial charge in [0.05, 0.1) is 17.4 Å². The van der Waals surface area contributed by atoms with Crippen LogP contribution in [0.5, 0.6) is 0 Å². The Morgan fingerprint density at radius 3 is 2.48 bits per heavy atom. The van der Waals surface area contributed by atoms with Crippen molar-refractivity contribution in [2.45, 2.75) is 6.42 Å². The van der Waals surface area contributed by atoms with Crippen LogP contribution in [0.25, 0.3) is 0 Å². The zero-order chi connectivity index (χ0) is 15.5. The molecule has 0 bridgehead atoms. The topological polar surface area (TPSA) is 87.3 Å². The number of hydrogen-bond donors (Lipinski definition) is 3. The normalized spacial score (nSPS) is 19.8. The molecule has 6 nitrogen and oxygen atoms in total. The van der Waals surface area contributed by atoms with Gasteiger partial charge in [-0.2, -0.15) is 0 Å². The number of hydrogen-bond acceptors (Lipinski definition) is 4. The van der Waals surface area contributed by atoms with Crippen molar-refractivity contribution in [1.29, 1.82) is 0 Å². The van der Waals surface area contributed by atoms with Gasteiger partial charge in [-0.15, -0.1) is 0 Å². The molecule has 114 valence electrons. The van der Waals surface area contributed by atoms with Crippen LogP contribution in [0.2, 0.25) is 0 Å². The monoisotopic (exact) mass is 331 g/mol. The van der Waals surface area contributed by atoms with E-state index < -0.39 is 21.7 Å². The molecule has 2 rings (SSSR count). The van der Waals surface area contributed by atoms with E-state index in [0.29, 0.717) is 12.1 Å². The van der Waals surface area contributed by atoms with Crippen molar-refractivity contribution in [3.63, 3.8) is 0 Å². The summed E-state index contributed by atoms with van der Waals surface area (Å²) < 4.78 is 35.3. The molecule has 1 aliphatic rings. The van der Waals surface area contributed by atoms with Crippen molar-refractivity contribution >= 4 is 38.8 Å². The summed E-state index contributed by atoms with van der Waals surface area (Å²) in [6, 6.07) is 5.53. The lowest BCUT2D eigenvalue weighted by molar-refractivity contribution is -0.124. The van der Waals surface area contributed by atoms with Crippen LogP contribution in [0, 0.1) is 11.7 Å². The number of carbonyl (C=O) groups excluding carboxylic acids is 1. The van der Waals surface area contributed by atoms with Gasteiger partial charge in [-0.3, -0.25) is 15.6 Å². The van der Waals surface area contributed by atoms with Gasteiger partial charge in [0.1, 0.15) is 5.82 Å². The Balaban J connectivity index is 1.79. The number of rotatable bonds is 2. The van der Waals surface area contributed by atoms with Crippen molar-refractivity contribution in [3.8, 4) is 0 Å². The lowest BCUT2D eigenvalue weighted by atomic mass is 10.1. The number of thiocarbonyl (C=S) groups is 1. The number of amides is 1. The lowest BCUT2D eigenvalue weighted by Gasteiger charge is -2.13. The van der Waals surface area contributed by atoms with Crippen molar-refractivity contribution in [2.24, 2.45) is 5.92 Å². The molecule has 1 atom stereocenters. The highest BCUT2D eigenvalue weighted by molar-refractivity contribution is 7.91. The highest BCUT2D eigenvalue weighted by Gasteiger charge is 2.32. The number of sulfone groups is 1. The number of anilines is 1. The number of halogens is 1. The van der Waals surface area contributed by atoms with E-state index in [1.165, 1.54) is 24.3 Å². The highest BCUT2D eigenvalue weighted by atomic mass is 32.2. The van der Waals surface area contributed by atoms with Gasteiger partial charge in [0, 0.05) is 5.69 Å². The third-order valence-electron chi connectivity index (χ3n) is 3.00. The Morgan fingerprint density at radius 1 is 1.24 bits per heavy atom. The van der Waals surface area contributed by atoms with Crippen LogP contribution in [0.4, 0.5) is 10.1 Å². The molecular weight excluding hydrogens is 317 g/mol. The maximum Gasteiger partial charge on any atom is 0.242 e. The molecule has 0 unspecified atom stereocenters. The summed E-state index contributed by atoms with van der Waals surface area (Å²) in [6.45, 7) is 0. The summed E-state index contributed by atoms with van der Waals surface area (Å²) in [6.07, 6.45) is 0.313. The average molecular weight is 331 g/mol. The third kappa shape index (κ3) is 4.64. The second kappa shape index (κ2) is 6.35. The maximum absolute atomic E-state index is 12.7. The largest absolute Gasteiger partial charge is 0.331 e. The van der Waals surface area contributed by atoms with Gasteiger partial charge in [0.15, 0.2) is 14.9 Å². The minimum Gasteiger partial charge on any atom is -0.331 e. The molecule has 1 fully saturated rings. The molecule has 1 aliphatic heterocycles. The fourth-order valence-electron chi connectivity index (χ4n) is 1.92. The van der Waals surface area contributed by atoms with Crippen LogP contribution < -0.4 is 16.2 Å². The van der Waals surface area contributed by atoms with Crippen LogP contribution in [-0.2, 0) is 14.6 Å². The third-order valence-corrected chi connectivity index (χ3v) is 4.98. The predicted octanol–water partition coefficient (Wildman–Crippen LogP) is 0.578. The summed E-state index contributed by atoms with van der Waals surface area (Å²) >= 11 is 4.96. The van der Waals surface area contributed by atoms with E-state index in [4.69, 9.17) is 12.2 Å². The molecule has 21 heavy (non-hydrogen) atoms. The zero-order valence-corrected chi connectivity index (χ0v) is 12.6. The molecule has 0 spiro atoms. The molecule has 1 aromatic rings. The molecule has 1 amide bonds. The van der Waals surface area contributed by atoms with E-state index in [-0.39, 0.29) is 22.4 Å². The summed E-state index contributed by atoms with van der Waals surface area (Å²) in [5.74, 6) is -1.45. The summed E-state index contributed by atoms with van der Waals surface area (Å²) in [4.78, 5) is 11.8. The van der Waals surface area contributed by atoms with E-state index >= 15 is 0 Å². The fourth-order valence-corrected chi connectivity index (χ4v) is 3.83. The fraction of sp³-hybridized carbons (Fsp3) is 0.333. The Hall–Kier alpha value is -1.74. The van der Waals surface area contributed by atoms with E-state index in [0.717, 1.165) is 0 Å². The van der Waals surface area contributed by atoms with Crippen LogP contribution in [-0.4, -0.2) is 30.9 Å². The molecule has 0 radical (unpaired) electrons. The average Bonchev–Trinajstić information content (AvgIpc) is 2.79. The first kappa shape index (κ1) is 15.6. The van der Waals surface area contributed by atoms with Crippen molar-refractivity contribution in [1.82, 2.24) is 10.9 Å². The van der Waals surface area contributed by atoms with E-state index in [2.05, 4.69) is 16.2 Å². The molecule has 0 aliphatic carbocycles. The number of hydrazine groups is 1. The van der Waals surface area contributed by atoms with Crippen LogP contribution in [0.15, 0.2) is 24.3 Å². The zero-order valence-electron chi connectivity index (χ0n) is 10.9. The van der Waals surface area contributed by atoms with Gasteiger partial charge < -0.3 is 5.32 Å². The molecule has 1 aromatic carbocycles. The van der Waals surface area contributed by atoms with Crippen molar-refractivity contribution < 1.29 is 17.6 Å². The van der Waals surface area contributed by atoms with Gasteiger partial charge in [-0.05, 0) is 42.9 Å². The molecule has 0 aromatic heterocycles. The second-order valence-corrected chi connectivity index (χ2v) is 7.31. The maximum atomic E-state index is 12.7.